The minimum Gasteiger partial charge on any atom is -0.358 e. The third-order valence-corrected chi connectivity index (χ3v) is 5.91. The lowest BCUT2D eigenvalue weighted by Crippen LogP contribution is -2.29. The van der Waals surface area contributed by atoms with Gasteiger partial charge in [0.2, 0.25) is 0 Å². The summed E-state index contributed by atoms with van der Waals surface area (Å²) >= 11 is 6.19. The van der Waals surface area contributed by atoms with Crippen molar-refractivity contribution in [3.63, 3.8) is 0 Å². The van der Waals surface area contributed by atoms with Crippen LogP contribution in [0.4, 0.5) is 0 Å². The number of hydrogen-bond donors (Lipinski definition) is 1. The first-order chi connectivity index (χ1) is 13.2. The van der Waals surface area contributed by atoms with Gasteiger partial charge >= 0.3 is 0 Å². The summed E-state index contributed by atoms with van der Waals surface area (Å²) in [5, 5.41) is 2.10. The number of fused-ring (bicyclic) bond motifs is 1. The Bertz CT molecular complexity index is 940. The van der Waals surface area contributed by atoms with Crippen molar-refractivity contribution in [1.82, 2.24) is 9.88 Å². The van der Waals surface area contributed by atoms with Crippen LogP contribution in [0.5, 0.6) is 0 Å². The molecule has 0 saturated carbocycles. The summed E-state index contributed by atoms with van der Waals surface area (Å²) in [4.78, 5) is 6.06. The van der Waals surface area contributed by atoms with Gasteiger partial charge in [-0.15, -0.1) is 0 Å². The molecule has 1 aromatic heterocycles. The van der Waals surface area contributed by atoms with Crippen molar-refractivity contribution in [2.75, 3.05) is 19.6 Å². The van der Waals surface area contributed by atoms with Crippen LogP contribution in [0.1, 0.15) is 36.1 Å². The van der Waals surface area contributed by atoms with Crippen LogP contribution >= 0.6 is 11.6 Å². The van der Waals surface area contributed by atoms with E-state index in [1.165, 1.54) is 59.2 Å². The number of hydrogen-bond acceptors (Lipinski definition) is 1. The van der Waals surface area contributed by atoms with Gasteiger partial charge in [-0.05, 0) is 74.1 Å². The summed E-state index contributed by atoms with van der Waals surface area (Å²) in [7, 11) is 0. The van der Waals surface area contributed by atoms with Crippen LogP contribution in [0.15, 0.2) is 54.6 Å². The van der Waals surface area contributed by atoms with Crippen molar-refractivity contribution in [3.05, 3.63) is 76.5 Å². The SMILES string of the molecule is Cc1[nH]c2ccc(Cl)cc2c1CCCCN1CC=C(c2ccccc2)CC1. The highest BCUT2D eigenvalue weighted by atomic mass is 35.5. The van der Waals surface area contributed by atoms with Crippen LogP contribution in [-0.2, 0) is 6.42 Å². The Morgan fingerprint density at radius 2 is 1.93 bits per heavy atom. The minimum absolute atomic E-state index is 0.817. The molecule has 0 spiro atoms. The van der Waals surface area contributed by atoms with E-state index < -0.39 is 0 Å². The fourth-order valence-corrected chi connectivity index (χ4v) is 4.31. The second kappa shape index (κ2) is 8.33. The summed E-state index contributed by atoms with van der Waals surface area (Å²) in [5.74, 6) is 0. The van der Waals surface area contributed by atoms with E-state index in [1.54, 1.807) is 0 Å². The highest BCUT2D eigenvalue weighted by Gasteiger charge is 2.13. The normalized spacial score (nSPS) is 15.3. The van der Waals surface area contributed by atoms with E-state index in [0.717, 1.165) is 24.4 Å². The fourth-order valence-electron chi connectivity index (χ4n) is 4.14. The largest absolute Gasteiger partial charge is 0.358 e. The molecule has 0 radical (unpaired) electrons. The molecule has 0 saturated heterocycles. The van der Waals surface area contributed by atoms with Gasteiger partial charge in [-0.1, -0.05) is 48.0 Å². The van der Waals surface area contributed by atoms with Crippen molar-refractivity contribution in [2.45, 2.75) is 32.6 Å². The highest BCUT2D eigenvalue weighted by molar-refractivity contribution is 6.31. The van der Waals surface area contributed by atoms with E-state index in [0.29, 0.717) is 0 Å². The predicted octanol–water partition coefficient (Wildman–Crippen LogP) is 6.24. The Kier molecular flexibility index (Phi) is 5.66. The maximum Gasteiger partial charge on any atom is 0.0459 e. The summed E-state index contributed by atoms with van der Waals surface area (Å²) in [6.45, 7) is 5.60. The topological polar surface area (TPSA) is 19.0 Å². The van der Waals surface area contributed by atoms with E-state index in [2.05, 4.69) is 65.3 Å². The van der Waals surface area contributed by atoms with Gasteiger partial charge in [-0.3, -0.25) is 4.90 Å². The molecule has 1 aliphatic heterocycles. The van der Waals surface area contributed by atoms with Gasteiger partial charge in [0.1, 0.15) is 0 Å². The average Bonchev–Trinajstić information content (AvgIpc) is 3.01. The lowest BCUT2D eigenvalue weighted by atomic mass is 9.99. The Balaban J connectivity index is 1.28. The molecule has 2 heterocycles. The molecule has 3 aromatic rings. The Morgan fingerprint density at radius 3 is 2.70 bits per heavy atom. The predicted molar refractivity (Wildman–Crippen MR) is 116 cm³/mol. The smallest absolute Gasteiger partial charge is 0.0459 e. The number of benzene rings is 2. The van der Waals surface area contributed by atoms with Gasteiger partial charge in [0.15, 0.2) is 0 Å². The number of aromatic nitrogens is 1. The van der Waals surface area contributed by atoms with Crippen LogP contribution in [0.3, 0.4) is 0 Å². The molecule has 2 nitrogen and oxygen atoms in total. The molecule has 3 heteroatoms. The standard InChI is InChI=1S/C24H27ClN2/c1-18-22(23-17-21(25)10-11-24(23)26-18)9-5-6-14-27-15-12-20(13-16-27)19-7-3-2-4-8-19/h2-4,7-8,10-12,17,26H,5-6,9,13-16H2,1H3. The summed E-state index contributed by atoms with van der Waals surface area (Å²) in [6, 6.07) is 16.9. The van der Waals surface area contributed by atoms with Crippen LogP contribution in [0.25, 0.3) is 16.5 Å². The molecule has 0 bridgehead atoms. The molecule has 27 heavy (non-hydrogen) atoms. The summed E-state index contributed by atoms with van der Waals surface area (Å²) in [5.41, 5.74) is 6.78. The second-order valence-corrected chi connectivity index (χ2v) is 7.96. The molecule has 1 N–H and O–H groups in total. The van der Waals surface area contributed by atoms with Gasteiger partial charge in [0.05, 0.1) is 0 Å². The molecule has 0 aliphatic carbocycles. The van der Waals surface area contributed by atoms with E-state index in [4.69, 9.17) is 11.6 Å². The van der Waals surface area contributed by atoms with Gasteiger partial charge in [0.25, 0.3) is 0 Å². The molecule has 140 valence electrons. The number of aromatic amines is 1. The van der Waals surface area contributed by atoms with E-state index in [1.807, 2.05) is 6.07 Å². The van der Waals surface area contributed by atoms with Crippen LogP contribution in [0.2, 0.25) is 5.02 Å². The van der Waals surface area contributed by atoms with Crippen molar-refractivity contribution < 1.29 is 0 Å². The van der Waals surface area contributed by atoms with E-state index in [9.17, 15) is 0 Å². The number of rotatable bonds is 6. The van der Waals surface area contributed by atoms with E-state index >= 15 is 0 Å². The zero-order valence-corrected chi connectivity index (χ0v) is 16.7. The molecule has 2 aromatic carbocycles. The minimum atomic E-state index is 0.817. The first kappa shape index (κ1) is 18.3. The summed E-state index contributed by atoms with van der Waals surface area (Å²) in [6.07, 6.45) is 7.13. The number of aryl methyl sites for hydroxylation is 2. The van der Waals surface area contributed by atoms with Crippen LogP contribution in [-0.4, -0.2) is 29.5 Å². The number of unbranched alkanes of at least 4 members (excludes halogenated alkanes) is 1. The van der Waals surface area contributed by atoms with Crippen LogP contribution in [0, 0.1) is 6.92 Å². The molecule has 1 aliphatic rings. The zero-order chi connectivity index (χ0) is 18.6. The third-order valence-electron chi connectivity index (χ3n) is 5.67. The molecule has 4 rings (SSSR count). The maximum atomic E-state index is 6.19. The van der Waals surface area contributed by atoms with Crippen molar-refractivity contribution in [1.29, 1.82) is 0 Å². The van der Waals surface area contributed by atoms with Gasteiger partial charge < -0.3 is 4.98 Å². The monoisotopic (exact) mass is 378 g/mol. The Labute approximate surface area is 166 Å². The molecular weight excluding hydrogens is 352 g/mol. The molecular formula is C24H27ClN2. The number of H-pyrrole nitrogens is 1. The first-order valence-corrected chi connectivity index (χ1v) is 10.3. The lowest BCUT2D eigenvalue weighted by molar-refractivity contribution is 0.295. The Hall–Kier alpha value is -2.03. The van der Waals surface area contributed by atoms with Crippen molar-refractivity contribution in [3.8, 4) is 0 Å². The summed E-state index contributed by atoms with van der Waals surface area (Å²) < 4.78 is 0. The molecule has 0 amide bonds. The Morgan fingerprint density at radius 1 is 1.07 bits per heavy atom. The molecule has 0 fully saturated rings. The fraction of sp³-hybridized carbons (Fsp3) is 0.333. The van der Waals surface area contributed by atoms with Crippen LogP contribution < -0.4 is 0 Å². The third kappa shape index (κ3) is 4.28. The average molecular weight is 379 g/mol. The molecule has 0 atom stereocenters. The quantitative estimate of drug-likeness (QED) is 0.503. The van der Waals surface area contributed by atoms with Crippen molar-refractivity contribution >= 4 is 28.1 Å². The highest BCUT2D eigenvalue weighted by Crippen LogP contribution is 2.27. The number of nitrogens with zero attached hydrogens (tertiary/aromatic N) is 1. The molecule has 0 unspecified atom stereocenters. The van der Waals surface area contributed by atoms with Gasteiger partial charge in [0, 0.05) is 34.7 Å². The zero-order valence-electron chi connectivity index (χ0n) is 16.0. The van der Waals surface area contributed by atoms with Gasteiger partial charge in [-0.2, -0.15) is 0 Å². The van der Waals surface area contributed by atoms with E-state index in [-0.39, 0.29) is 0 Å². The number of nitrogens with one attached hydrogen (secondary N) is 1. The van der Waals surface area contributed by atoms with Crippen molar-refractivity contribution in [2.24, 2.45) is 0 Å². The second-order valence-electron chi connectivity index (χ2n) is 7.52. The first-order valence-electron chi connectivity index (χ1n) is 9.94. The lowest BCUT2D eigenvalue weighted by Gasteiger charge is -2.26. The van der Waals surface area contributed by atoms with Gasteiger partial charge in [-0.25, -0.2) is 0 Å². The maximum absolute atomic E-state index is 6.19. The number of halogens is 1.